The number of methoxy groups -OCH3 is 1. The summed E-state index contributed by atoms with van der Waals surface area (Å²) in [5.41, 5.74) is -0.0134. The van der Waals surface area contributed by atoms with E-state index in [4.69, 9.17) is 11.6 Å². The molecule has 0 aliphatic carbocycles. The van der Waals surface area contributed by atoms with Gasteiger partial charge >= 0.3 is 5.97 Å². The molecule has 0 unspecified atom stereocenters. The molecule has 0 amide bonds. The summed E-state index contributed by atoms with van der Waals surface area (Å²) in [6, 6.07) is 8.64. The average Bonchev–Trinajstić information content (AvgIpc) is 2.49. The molecule has 2 rings (SSSR count). The molecule has 116 valence electrons. The van der Waals surface area contributed by atoms with Crippen LogP contribution in [0.4, 0.5) is 10.1 Å². The summed E-state index contributed by atoms with van der Waals surface area (Å²) in [5.74, 6) is -1.37. The van der Waals surface area contributed by atoms with Crippen molar-refractivity contribution in [1.29, 1.82) is 0 Å². The molecule has 0 aliphatic heterocycles. The van der Waals surface area contributed by atoms with Gasteiger partial charge in [0.1, 0.15) is 5.82 Å². The van der Waals surface area contributed by atoms with Gasteiger partial charge in [0.25, 0.3) is 10.0 Å². The van der Waals surface area contributed by atoms with E-state index in [9.17, 15) is 17.6 Å². The lowest BCUT2D eigenvalue weighted by atomic mass is 10.2. The van der Waals surface area contributed by atoms with Crippen molar-refractivity contribution in [3.63, 3.8) is 0 Å². The van der Waals surface area contributed by atoms with Crippen molar-refractivity contribution in [3.05, 3.63) is 58.9 Å². The van der Waals surface area contributed by atoms with Gasteiger partial charge in [0.2, 0.25) is 0 Å². The molecular formula is C14H11ClFNO4S. The van der Waals surface area contributed by atoms with Gasteiger partial charge < -0.3 is 4.74 Å². The number of benzene rings is 2. The summed E-state index contributed by atoms with van der Waals surface area (Å²) >= 11 is 5.60. The van der Waals surface area contributed by atoms with Gasteiger partial charge in [-0.25, -0.2) is 17.6 Å². The first-order valence-electron chi connectivity index (χ1n) is 6.00. The highest BCUT2D eigenvalue weighted by Gasteiger charge is 2.17. The second-order valence-corrected chi connectivity index (χ2v) is 6.36. The minimum absolute atomic E-state index is 0.116. The van der Waals surface area contributed by atoms with Crippen LogP contribution in [0.3, 0.4) is 0 Å². The maximum absolute atomic E-state index is 13.6. The first-order valence-corrected chi connectivity index (χ1v) is 7.86. The van der Waals surface area contributed by atoms with Crippen LogP contribution in [-0.4, -0.2) is 21.5 Å². The third kappa shape index (κ3) is 3.55. The lowest BCUT2D eigenvalue weighted by Gasteiger charge is -2.09. The molecule has 8 heteroatoms. The highest BCUT2D eigenvalue weighted by molar-refractivity contribution is 7.92. The first-order chi connectivity index (χ1) is 10.3. The number of ether oxygens (including phenoxy) is 1. The number of esters is 1. The molecular weight excluding hydrogens is 333 g/mol. The van der Waals surface area contributed by atoms with E-state index in [-0.39, 0.29) is 21.2 Å². The number of sulfonamides is 1. The molecule has 0 bridgehead atoms. The second kappa shape index (κ2) is 6.33. The van der Waals surface area contributed by atoms with Crippen LogP contribution in [0, 0.1) is 5.82 Å². The lowest BCUT2D eigenvalue weighted by Crippen LogP contribution is -2.14. The fourth-order valence-electron chi connectivity index (χ4n) is 1.66. The van der Waals surface area contributed by atoms with Gasteiger partial charge in [-0.05, 0) is 42.5 Å². The van der Waals surface area contributed by atoms with Gasteiger partial charge in [-0.2, -0.15) is 0 Å². The molecule has 2 aromatic carbocycles. The van der Waals surface area contributed by atoms with E-state index in [0.29, 0.717) is 0 Å². The van der Waals surface area contributed by atoms with Crippen molar-refractivity contribution in [2.75, 3.05) is 11.8 Å². The van der Waals surface area contributed by atoms with Gasteiger partial charge in [-0.3, -0.25) is 4.72 Å². The number of anilines is 1. The Hall–Kier alpha value is -2.12. The summed E-state index contributed by atoms with van der Waals surface area (Å²) in [4.78, 5) is 11.2. The van der Waals surface area contributed by atoms with Crippen LogP contribution in [0.5, 0.6) is 0 Å². The van der Waals surface area contributed by atoms with E-state index in [2.05, 4.69) is 9.46 Å². The van der Waals surface area contributed by atoms with Crippen LogP contribution in [0.15, 0.2) is 47.4 Å². The van der Waals surface area contributed by atoms with Crippen molar-refractivity contribution >= 4 is 33.3 Å². The fourth-order valence-corrected chi connectivity index (χ4v) is 2.89. The second-order valence-electron chi connectivity index (χ2n) is 4.25. The summed E-state index contributed by atoms with van der Waals surface area (Å²) in [5, 5.41) is 0.155. The number of hydrogen-bond donors (Lipinski definition) is 1. The van der Waals surface area contributed by atoms with E-state index in [0.717, 1.165) is 6.07 Å². The molecule has 0 heterocycles. The Balaban J connectivity index is 2.28. The number of carbonyl (C=O) groups excluding carboxylic acids is 1. The Morgan fingerprint density at radius 2 is 1.82 bits per heavy atom. The molecule has 2 aromatic rings. The standard InChI is InChI=1S/C14H11ClFNO4S/c1-21-14(18)9-2-5-11(6-3-9)22(19,20)17-13-7-4-10(15)8-12(13)16/h2-8,17H,1H3. The van der Waals surface area contributed by atoms with Crippen LogP contribution in [0.25, 0.3) is 0 Å². The summed E-state index contributed by atoms with van der Waals surface area (Å²) in [6.07, 6.45) is 0. The summed E-state index contributed by atoms with van der Waals surface area (Å²) in [7, 11) is -2.76. The Kier molecular flexibility index (Phi) is 4.68. The van der Waals surface area contributed by atoms with Crippen molar-refractivity contribution in [2.24, 2.45) is 0 Å². The van der Waals surface area contributed by atoms with Crippen LogP contribution in [-0.2, 0) is 14.8 Å². The molecule has 1 N–H and O–H groups in total. The molecule has 0 atom stereocenters. The van der Waals surface area contributed by atoms with Crippen LogP contribution in [0.2, 0.25) is 5.02 Å². The molecule has 0 fully saturated rings. The molecule has 0 spiro atoms. The van der Waals surface area contributed by atoms with Crippen molar-refractivity contribution < 1.29 is 22.3 Å². The number of nitrogens with one attached hydrogen (secondary N) is 1. The van der Waals surface area contributed by atoms with Crippen LogP contribution < -0.4 is 4.72 Å². The largest absolute Gasteiger partial charge is 0.465 e. The highest BCUT2D eigenvalue weighted by atomic mass is 35.5. The van der Waals surface area contributed by atoms with Gasteiger partial charge in [-0.15, -0.1) is 0 Å². The predicted octanol–water partition coefficient (Wildman–Crippen LogP) is 3.07. The zero-order chi connectivity index (χ0) is 16.3. The Labute approximate surface area is 131 Å². The number of rotatable bonds is 4. The number of halogens is 2. The predicted molar refractivity (Wildman–Crippen MR) is 80.0 cm³/mol. The molecule has 5 nitrogen and oxygen atoms in total. The first kappa shape index (κ1) is 16.3. The van der Waals surface area contributed by atoms with Gasteiger partial charge in [0.15, 0.2) is 0 Å². The quantitative estimate of drug-likeness (QED) is 0.866. The Bertz CT molecular complexity index is 806. The van der Waals surface area contributed by atoms with E-state index in [1.54, 1.807) is 0 Å². The minimum Gasteiger partial charge on any atom is -0.465 e. The average molecular weight is 344 g/mol. The summed E-state index contributed by atoms with van der Waals surface area (Å²) in [6.45, 7) is 0. The SMILES string of the molecule is COC(=O)c1ccc(S(=O)(=O)Nc2ccc(Cl)cc2F)cc1. The fraction of sp³-hybridized carbons (Fsp3) is 0.0714. The molecule has 0 radical (unpaired) electrons. The zero-order valence-electron chi connectivity index (χ0n) is 11.3. The summed E-state index contributed by atoms with van der Waals surface area (Å²) < 4.78 is 44.6. The Morgan fingerprint density at radius 3 is 2.36 bits per heavy atom. The third-order valence-corrected chi connectivity index (χ3v) is 4.38. The zero-order valence-corrected chi connectivity index (χ0v) is 12.9. The van der Waals surface area contributed by atoms with Gasteiger partial charge in [-0.1, -0.05) is 11.6 Å². The third-order valence-electron chi connectivity index (χ3n) is 2.76. The van der Waals surface area contributed by atoms with Crippen LogP contribution >= 0.6 is 11.6 Å². The smallest absolute Gasteiger partial charge is 0.337 e. The van der Waals surface area contributed by atoms with E-state index < -0.39 is 21.8 Å². The van der Waals surface area contributed by atoms with Gasteiger partial charge in [0, 0.05) is 5.02 Å². The minimum atomic E-state index is -3.98. The number of hydrogen-bond acceptors (Lipinski definition) is 4. The number of carbonyl (C=O) groups is 1. The maximum Gasteiger partial charge on any atom is 0.337 e. The normalized spacial score (nSPS) is 11.0. The van der Waals surface area contributed by atoms with Crippen LogP contribution in [0.1, 0.15) is 10.4 Å². The van der Waals surface area contributed by atoms with Crippen molar-refractivity contribution in [1.82, 2.24) is 0 Å². The van der Waals surface area contributed by atoms with E-state index >= 15 is 0 Å². The molecule has 0 saturated heterocycles. The molecule has 0 aromatic heterocycles. The molecule has 0 aliphatic rings. The Morgan fingerprint density at radius 1 is 1.18 bits per heavy atom. The topological polar surface area (TPSA) is 72.5 Å². The van der Waals surface area contributed by atoms with Crippen molar-refractivity contribution in [2.45, 2.75) is 4.90 Å². The van der Waals surface area contributed by atoms with E-state index in [1.165, 1.54) is 43.5 Å². The maximum atomic E-state index is 13.6. The van der Waals surface area contributed by atoms with Crippen molar-refractivity contribution in [3.8, 4) is 0 Å². The molecule has 22 heavy (non-hydrogen) atoms. The van der Waals surface area contributed by atoms with E-state index in [1.807, 2.05) is 0 Å². The van der Waals surface area contributed by atoms with Gasteiger partial charge in [0.05, 0.1) is 23.3 Å². The molecule has 0 saturated carbocycles. The monoisotopic (exact) mass is 343 g/mol. The lowest BCUT2D eigenvalue weighted by molar-refractivity contribution is 0.0600. The highest BCUT2D eigenvalue weighted by Crippen LogP contribution is 2.22.